The number of sulfonamides is 1. The number of nitrogens with zero attached hydrogens (tertiary/aromatic N) is 1. The normalized spacial score (nSPS) is 11.5. The van der Waals surface area contributed by atoms with E-state index in [0.717, 1.165) is 0 Å². The number of aryl methyl sites for hydroxylation is 1. The quantitative estimate of drug-likeness (QED) is 0.458. The zero-order chi connectivity index (χ0) is 21.3. The highest BCUT2D eigenvalue weighted by Gasteiger charge is 2.20. The number of nitrogens with one attached hydrogen (secondary N) is 1. The summed E-state index contributed by atoms with van der Waals surface area (Å²) in [7, 11) is -4.01. The van der Waals surface area contributed by atoms with E-state index in [4.69, 9.17) is 20.8 Å². The summed E-state index contributed by atoms with van der Waals surface area (Å²) in [5.74, 6) is 0.298. The Balaban J connectivity index is 1.70. The monoisotopic (exact) mass is 444 g/mol. The predicted octanol–water partition coefficient (Wildman–Crippen LogP) is 4.86. The van der Waals surface area contributed by atoms with Gasteiger partial charge in [0.1, 0.15) is 5.75 Å². The Hall–Kier alpha value is -3.23. The molecule has 1 heterocycles. The molecule has 0 fully saturated rings. The van der Waals surface area contributed by atoms with Crippen LogP contribution in [0.1, 0.15) is 6.92 Å². The molecule has 0 bridgehead atoms. The molecule has 0 spiro atoms. The first-order chi connectivity index (χ1) is 14.4. The van der Waals surface area contributed by atoms with Crippen LogP contribution in [0.5, 0.6) is 11.5 Å². The van der Waals surface area contributed by atoms with Crippen molar-refractivity contribution in [3.05, 3.63) is 82.3 Å². The highest BCUT2D eigenvalue weighted by Crippen LogP contribution is 2.33. The van der Waals surface area contributed by atoms with Gasteiger partial charge in [-0.2, -0.15) is 0 Å². The third-order valence-corrected chi connectivity index (χ3v) is 6.02. The molecule has 0 amide bonds. The molecular formula is C21H17ClN2O5S. The molecule has 4 rings (SSSR count). The van der Waals surface area contributed by atoms with Gasteiger partial charge in [0, 0.05) is 17.6 Å². The van der Waals surface area contributed by atoms with Gasteiger partial charge in [-0.15, -0.1) is 0 Å². The number of halogens is 1. The summed E-state index contributed by atoms with van der Waals surface area (Å²) in [5.41, 5.74) is 0.896. The fraction of sp³-hybridized carbons (Fsp3) is 0.0952. The van der Waals surface area contributed by atoms with Crippen LogP contribution >= 0.6 is 11.6 Å². The molecule has 1 aromatic heterocycles. The van der Waals surface area contributed by atoms with Gasteiger partial charge in [-0.05, 0) is 49.4 Å². The number of oxazole rings is 1. The highest BCUT2D eigenvalue weighted by molar-refractivity contribution is 7.92. The van der Waals surface area contributed by atoms with Crippen LogP contribution in [0.3, 0.4) is 0 Å². The molecule has 1 N–H and O–H groups in total. The number of benzene rings is 3. The summed E-state index contributed by atoms with van der Waals surface area (Å²) in [6.07, 6.45) is 0. The van der Waals surface area contributed by atoms with E-state index in [2.05, 4.69) is 4.72 Å². The molecule has 3 aromatic carbocycles. The topological polar surface area (TPSA) is 90.5 Å². The predicted molar refractivity (Wildman–Crippen MR) is 115 cm³/mol. The van der Waals surface area contributed by atoms with Crippen molar-refractivity contribution < 1.29 is 17.6 Å². The number of ether oxygens (including phenoxy) is 1. The van der Waals surface area contributed by atoms with Crippen LogP contribution in [0, 0.1) is 0 Å². The molecule has 0 radical (unpaired) electrons. The second-order valence-electron chi connectivity index (χ2n) is 6.40. The van der Waals surface area contributed by atoms with Gasteiger partial charge in [-0.25, -0.2) is 13.2 Å². The van der Waals surface area contributed by atoms with E-state index >= 15 is 0 Å². The number of fused-ring (bicyclic) bond motifs is 1. The van der Waals surface area contributed by atoms with Gasteiger partial charge in [0.05, 0.1) is 16.1 Å². The first-order valence-corrected chi connectivity index (χ1v) is 10.9. The van der Waals surface area contributed by atoms with Crippen molar-refractivity contribution >= 4 is 38.4 Å². The van der Waals surface area contributed by atoms with Crippen molar-refractivity contribution in [1.82, 2.24) is 4.57 Å². The van der Waals surface area contributed by atoms with E-state index in [1.54, 1.807) is 43.3 Å². The van der Waals surface area contributed by atoms with Crippen LogP contribution in [0.4, 0.5) is 5.69 Å². The van der Waals surface area contributed by atoms with Gasteiger partial charge in [0.15, 0.2) is 11.3 Å². The highest BCUT2D eigenvalue weighted by atomic mass is 35.5. The Morgan fingerprint density at radius 3 is 2.57 bits per heavy atom. The Labute approximate surface area is 177 Å². The van der Waals surface area contributed by atoms with E-state index in [0.29, 0.717) is 28.6 Å². The molecule has 0 saturated carbocycles. The minimum Gasteiger partial charge on any atom is -0.455 e. The molecule has 9 heteroatoms. The Morgan fingerprint density at radius 2 is 1.83 bits per heavy atom. The molecule has 0 saturated heterocycles. The number of anilines is 1. The molecule has 0 aliphatic carbocycles. The van der Waals surface area contributed by atoms with Crippen molar-refractivity contribution in [2.75, 3.05) is 4.72 Å². The number of aromatic nitrogens is 1. The summed E-state index contributed by atoms with van der Waals surface area (Å²) in [6.45, 7) is 2.22. The van der Waals surface area contributed by atoms with Crippen molar-refractivity contribution in [3.8, 4) is 11.5 Å². The fourth-order valence-electron chi connectivity index (χ4n) is 3.00. The summed E-state index contributed by atoms with van der Waals surface area (Å²) < 4.78 is 40.9. The van der Waals surface area contributed by atoms with Gasteiger partial charge in [0.25, 0.3) is 10.0 Å². The summed E-state index contributed by atoms with van der Waals surface area (Å²) in [5, 5.41) is 0.342. The summed E-state index contributed by atoms with van der Waals surface area (Å²) in [4.78, 5) is 11.8. The largest absolute Gasteiger partial charge is 0.455 e. The number of hydrogen-bond acceptors (Lipinski definition) is 5. The van der Waals surface area contributed by atoms with Gasteiger partial charge in [-0.3, -0.25) is 9.29 Å². The van der Waals surface area contributed by atoms with Gasteiger partial charge in [0.2, 0.25) is 0 Å². The third-order valence-electron chi connectivity index (χ3n) is 4.42. The third kappa shape index (κ3) is 3.92. The van der Waals surface area contributed by atoms with Crippen molar-refractivity contribution in [1.29, 1.82) is 0 Å². The molecule has 0 unspecified atom stereocenters. The Bertz CT molecular complexity index is 1380. The maximum atomic E-state index is 13.0. The van der Waals surface area contributed by atoms with Gasteiger partial charge < -0.3 is 9.15 Å². The molecule has 0 aliphatic rings. The minimum atomic E-state index is -4.01. The van der Waals surface area contributed by atoms with Crippen LogP contribution in [0.25, 0.3) is 11.1 Å². The van der Waals surface area contributed by atoms with Crippen LogP contribution < -0.4 is 15.2 Å². The van der Waals surface area contributed by atoms with Crippen molar-refractivity contribution in [2.24, 2.45) is 0 Å². The zero-order valence-electron chi connectivity index (χ0n) is 15.8. The smallest absolute Gasteiger partial charge is 0.419 e. The van der Waals surface area contributed by atoms with Crippen molar-refractivity contribution in [3.63, 3.8) is 0 Å². The lowest BCUT2D eigenvalue weighted by Gasteiger charge is -2.14. The lowest BCUT2D eigenvalue weighted by atomic mass is 10.3. The lowest BCUT2D eigenvalue weighted by Crippen LogP contribution is -2.14. The average Bonchev–Trinajstić information content (AvgIpc) is 3.04. The van der Waals surface area contributed by atoms with E-state index in [1.165, 1.54) is 28.8 Å². The molecule has 0 aliphatic heterocycles. The van der Waals surface area contributed by atoms with E-state index in [-0.39, 0.29) is 16.2 Å². The van der Waals surface area contributed by atoms with E-state index in [1.807, 2.05) is 6.07 Å². The van der Waals surface area contributed by atoms with Gasteiger partial charge >= 0.3 is 5.76 Å². The summed E-state index contributed by atoms with van der Waals surface area (Å²) >= 11 is 6.07. The maximum absolute atomic E-state index is 13.0. The molecule has 4 aromatic rings. The molecule has 0 atom stereocenters. The van der Waals surface area contributed by atoms with Crippen LogP contribution in [-0.4, -0.2) is 13.0 Å². The SMILES string of the molecule is CCn1c(=O)oc2cc(S(=O)(=O)Nc3cc(Cl)ccc3Oc3ccccc3)ccc21. The van der Waals surface area contributed by atoms with Gasteiger partial charge in [-0.1, -0.05) is 29.8 Å². The molecule has 154 valence electrons. The average molecular weight is 445 g/mol. The van der Waals surface area contributed by atoms with E-state index in [9.17, 15) is 13.2 Å². The maximum Gasteiger partial charge on any atom is 0.419 e. The molecule has 30 heavy (non-hydrogen) atoms. The number of rotatable bonds is 6. The second-order valence-corrected chi connectivity index (χ2v) is 8.52. The minimum absolute atomic E-state index is 0.0577. The first kappa shape index (κ1) is 20.1. The zero-order valence-corrected chi connectivity index (χ0v) is 17.4. The second kappa shape index (κ2) is 7.89. The Morgan fingerprint density at radius 1 is 1.07 bits per heavy atom. The fourth-order valence-corrected chi connectivity index (χ4v) is 4.25. The van der Waals surface area contributed by atoms with Crippen LogP contribution in [0.15, 0.2) is 80.8 Å². The molecular weight excluding hydrogens is 428 g/mol. The van der Waals surface area contributed by atoms with Crippen molar-refractivity contribution in [2.45, 2.75) is 18.4 Å². The van der Waals surface area contributed by atoms with Crippen LogP contribution in [0.2, 0.25) is 5.02 Å². The number of hydrogen-bond donors (Lipinski definition) is 1. The first-order valence-electron chi connectivity index (χ1n) is 9.06. The molecule has 7 nitrogen and oxygen atoms in total. The Kier molecular flexibility index (Phi) is 5.27. The lowest BCUT2D eigenvalue weighted by molar-refractivity contribution is 0.485. The number of para-hydroxylation sites is 1. The standard InChI is InChI=1S/C21H17ClN2O5S/c1-2-24-18-10-9-16(13-20(18)29-21(24)25)30(26,27)23-17-12-14(22)8-11-19(17)28-15-6-4-3-5-7-15/h3-13,23H,2H2,1H3. The van der Waals surface area contributed by atoms with E-state index < -0.39 is 15.8 Å². The van der Waals surface area contributed by atoms with Crippen LogP contribution in [-0.2, 0) is 16.6 Å². The summed E-state index contributed by atoms with van der Waals surface area (Å²) in [6, 6.07) is 17.9.